The highest BCUT2D eigenvalue weighted by Gasteiger charge is 2.52. The molecule has 3 aromatic rings. The summed E-state index contributed by atoms with van der Waals surface area (Å²) >= 11 is 8.07. The highest BCUT2D eigenvalue weighted by Crippen LogP contribution is 2.42. The van der Waals surface area contributed by atoms with Crippen molar-refractivity contribution in [3.8, 4) is 5.75 Å². The summed E-state index contributed by atoms with van der Waals surface area (Å²) in [7, 11) is 0. The van der Waals surface area contributed by atoms with Gasteiger partial charge < -0.3 is 34.2 Å². The Hall–Kier alpha value is -3.79. The van der Waals surface area contributed by atoms with Crippen LogP contribution < -0.4 is 10.5 Å². The molecule has 3 fully saturated rings. The van der Waals surface area contributed by atoms with E-state index in [4.69, 9.17) is 45.8 Å². The molecule has 11 nitrogen and oxygen atoms in total. The van der Waals surface area contributed by atoms with Crippen molar-refractivity contribution in [2.75, 3.05) is 26.0 Å². The summed E-state index contributed by atoms with van der Waals surface area (Å²) in [5.74, 6) is -2.19. The number of esters is 3. The van der Waals surface area contributed by atoms with Gasteiger partial charge in [0.2, 0.25) is 0 Å². The molecule has 3 heterocycles. The number of hydrogen-bond acceptors (Lipinski definition) is 12. The third kappa shape index (κ3) is 9.83. The Morgan fingerprint density at radius 1 is 0.911 bits per heavy atom. The topological polar surface area (TPSA) is 136 Å². The molecule has 3 aromatic carbocycles. The van der Waals surface area contributed by atoms with Crippen LogP contribution in [0.2, 0.25) is 5.02 Å². The summed E-state index contributed by atoms with van der Waals surface area (Å²) in [4.78, 5) is 39.0. The Morgan fingerprint density at radius 2 is 1.59 bits per heavy atom. The number of ether oxygens (including phenoxy) is 6. The molecule has 15 heteroatoms. The van der Waals surface area contributed by atoms with Crippen LogP contribution in [0.1, 0.15) is 73.6 Å². The molecule has 302 valence electrons. The number of aryl methyl sites for hydroxylation is 1. The molecule has 3 saturated heterocycles. The van der Waals surface area contributed by atoms with Crippen molar-refractivity contribution < 1.29 is 51.6 Å². The van der Waals surface area contributed by atoms with Crippen LogP contribution in [-0.4, -0.2) is 90.7 Å². The van der Waals surface area contributed by atoms with E-state index in [9.17, 15) is 23.2 Å². The van der Waals surface area contributed by atoms with Gasteiger partial charge in [0.25, 0.3) is 0 Å². The zero-order valence-corrected chi connectivity index (χ0v) is 33.4. The lowest BCUT2D eigenvalue weighted by Crippen LogP contribution is -2.57. The van der Waals surface area contributed by atoms with Crippen molar-refractivity contribution in [1.29, 1.82) is 0 Å². The molecule has 3 aliphatic rings. The average molecular weight is 817 g/mol. The zero-order chi connectivity index (χ0) is 40.3. The van der Waals surface area contributed by atoms with Crippen molar-refractivity contribution >= 4 is 41.3 Å². The first-order valence-electron chi connectivity index (χ1n) is 18.5. The van der Waals surface area contributed by atoms with E-state index in [0.29, 0.717) is 36.6 Å². The predicted octanol–water partition coefficient (Wildman–Crippen LogP) is 6.38. The van der Waals surface area contributed by atoms with Crippen molar-refractivity contribution in [1.82, 2.24) is 4.90 Å². The molecule has 0 amide bonds. The van der Waals surface area contributed by atoms with E-state index in [2.05, 4.69) is 4.90 Å². The number of carbonyl (C=O) groups is 3. The Kier molecular flexibility index (Phi) is 13.6. The number of likely N-dealkylation sites (tertiary alicyclic amines) is 1. The van der Waals surface area contributed by atoms with Gasteiger partial charge in [-0.1, -0.05) is 29.8 Å². The van der Waals surface area contributed by atoms with Gasteiger partial charge >= 0.3 is 17.9 Å². The molecule has 6 rings (SSSR count). The standard InChI is InChI=1S/C41H47ClF2N2O9S/c1-21-14-33(42)26(16-31(21)37-38(51-22(2)47)39(52-23(3)48)40(53-24(4)49)41(55-37)56-5)15-25-6-9-29(10-7-25)54-30-12-13-46(19-30)28-18-35(45)36(50-20-28)32-17-27(43)8-11-34(32)44/h6-11,14,16-17,28,30,35-41H,12-13,15,18-20,45H2,1-5H3/t28-,30-,35+,36-,37+,38+,39-,40+,41-/m1/s1. The van der Waals surface area contributed by atoms with Crippen molar-refractivity contribution in [2.45, 2.75) is 101 Å². The molecule has 2 N–H and O–H groups in total. The zero-order valence-electron chi connectivity index (χ0n) is 31.9. The van der Waals surface area contributed by atoms with E-state index in [0.717, 1.165) is 53.6 Å². The van der Waals surface area contributed by atoms with Gasteiger partial charge in [0, 0.05) is 56.5 Å². The minimum atomic E-state index is -1.13. The van der Waals surface area contributed by atoms with Crippen molar-refractivity contribution in [3.63, 3.8) is 0 Å². The van der Waals surface area contributed by atoms with Crippen LogP contribution in [0.3, 0.4) is 0 Å². The molecule has 0 aliphatic carbocycles. The van der Waals surface area contributed by atoms with Crippen molar-refractivity contribution in [2.24, 2.45) is 5.73 Å². The molecular weight excluding hydrogens is 770 g/mol. The Balaban J connectivity index is 1.11. The molecule has 0 bridgehead atoms. The number of thioether (sulfide) groups is 1. The lowest BCUT2D eigenvalue weighted by Gasteiger charge is -2.44. The smallest absolute Gasteiger partial charge is 0.303 e. The predicted molar refractivity (Wildman–Crippen MR) is 205 cm³/mol. The van der Waals surface area contributed by atoms with Gasteiger partial charge in [-0.2, -0.15) is 0 Å². The maximum absolute atomic E-state index is 14.4. The van der Waals surface area contributed by atoms with Crippen molar-refractivity contribution in [3.05, 3.63) is 99.1 Å². The summed E-state index contributed by atoms with van der Waals surface area (Å²) in [6, 6.07) is 14.4. The van der Waals surface area contributed by atoms with E-state index in [1.807, 2.05) is 43.3 Å². The summed E-state index contributed by atoms with van der Waals surface area (Å²) in [6.07, 6.45) is -1.27. The molecule has 9 atom stereocenters. The molecule has 0 saturated carbocycles. The number of benzene rings is 3. The number of nitrogens with two attached hydrogens (primary N) is 1. The molecule has 0 spiro atoms. The largest absolute Gasteiger partial charge is 0.489 e. The SMILES string of the molecule is CS[C@H]1O[C@@H](c2cc(Cc3ccc(O[C@@H]4CCN([C@H]5CO[C@H](c6cc(F)ccc6F)[C@@H](N)C5)C4)cc3)c(Cl)cc2C)[C@H](OC(C)=O)[C@@H](OC(C)=O)[C@@H]1OC(C)=O. The summed E-state index contributed by atoms with van der Waals surface area (Å²) in [5, 5.41) is 0.534. The Bertz CT molecular complexity index is 1910. The maximum atomic E-state index is 14.4. The van der Waals surface area contributed by atoms with Crippen LogP contribution in [-0.2, 0) is 44.5 Å². The fourth-order valence-electron chi connectivity index (χ4n) is 7.82. The third-order valence-electron chi connectivity index (χ3n) is 10.4. The fraction of sp³-hybridized carbons (Fsp3) is 0.488. The normalized spacial score (nSPS) is 28.1. The van der Waals surface area contributed by atoms with Crippen LogP contribution in [0.25, 0.3) is 0 Å². The first kappa shape index (κ1) is 41.8. The van der Waals surface area contributed by atoms with Gasteiger partial charge in [-0.3, -0.25) is 19.3 Å². The van der Waals surface area contributed by atoms with Gasteiger partial charge in [0.05, 0.1) is 6.61 Å². The molecule has 0 aromatic heterocycles. The fourth-order valence-corrected chi connectivity index (χ4v) is 8.82. The van der Waals surface area contributed by atoms with Crippen LogP contribution in [0.4, 0.5) is 8.78 Å². The lowest BCUT2D eigenvalue weighted by molar-refractivity contribution is -0.233. The average Bonchev–Trinajstić information content (AvgIpc) is 3.61. The van der Waals surface area contributed by atoms with Gasteiger partial charge in [0.1, 0.15) is 41.1 Å². The molecule has 0 radical (unpaired) electrons. The van der Waals surface area contributed by atoms with E-state index < -0.39 is 71.5 Å². The quantitative estimate of drug-likeness (QED) is 0.170. The first-order chi connectivity index (χ1) is 26.7. The second kappa shape index (κ2) is 18.2. The maximum Gasteiger partial charge on any atom is 0.303 e. The van der Waals surface area contributed by atoms with Crippen LogP contribution in [0, 0.1) is 18.6 Å². The lowest BCUT2D eigenvalue weighted by atomic mass is 9.89. The molecule has 56 heavy (non-hydrogen) atoms. The molecular formula is C41H47ClF2N2O9S. The number of rotatable bonds is 11. The van der Waals surface area contributed by atoms with Gasteiger partial charge in [0.15, 0.2) is 18.3 Å². The van der Waals surface area contributed by atoms with Gasteiger partial charge in [-0.25, -0.2) is 8.78 Å². The van der Waals surface area contributed by atoms with Gasteiger partial charge in [-0.05, 0) is 91.1 Å². The second-order valence-electron chi connectivity index (χ2n) is 14.5. The minimum Gasteiger partial charge on any atom is -0.489 e. The monoisotopic (exact) mass is 816 g/mol. The molecule has 3 aliphatic heterocycles. The van der Waals surface area contributed by atoms with E-state index >= 15 is 0 Å². The molecule has 0 unspecified atom stereocenters. The highest BCUT2D eigenvalue weighted by molar-refractivity contribution is 7.99. The summed E-state index contributed by atoms with van der Waals surface area (Å²) < 4.78 is 64.0. The highest BCUT2D eigenvalue weighted by atomic mass is 35.5. The summed E-state index contributed by atoms with van der Waals surface area (Å²) in [6.45, 7) is 7.42. The number of hydrogen-bond donors (Lipinski definition) is 1. The van der Waals surface area contributed by atoms with Crippen LogP contribution >= 0.6 is 23.4 Å². The first-order valence-corrected chi connectivity index (χ1v) is 20.2. The number of nitrogens with zero attached hydrogens (tertiary/aromatic N) is 1. The van der Waals surface area contributed by atoms with E-state index in [-0.39, 0.29) is 17.7 Å². The summed E-state index contributed by atoms with van der Waals surface area (Å²) in [5.41, 5.74) is 9.03. The van der Waals surface area contributed by atoms with Crippen LogP contribution in [0.5, 0.6) is 5.75 Å². The number of halogens is 3. The Morgan fingerprint density at radius 3 is 2.25 bits per heavy atom. The minimum absolute atomic E-state index is 0.0378. The van der Waals surface area contributed by atoms with E-state index in [1.165, 1.54) is 32.5 Å². The Labute approximate surface area is 334 Å². The third-order valence-corrected chi connectivity index (χ3v) is 11.6. The van der Waals surface area contributed by atoms with Gasteiger partial charge in [-0.15, -0.1) is 11.8 Å². The van der Waals surface area contributed by atoms with Crippen LogP contribution in [0.15, 0.2) is 54.6 Å². The number of carbonyl (C=O) groups excluding carboxylic acids is 3. The van der Waals surface area contributed by atoms with E-state index in [1.54, 1.807) is 6.26 Å². The second-order valence-corrected chi connectivity index (χ2v) is 15.8.